The molecule has 0 saturated heterocycles. The number of hydrogen-bond donors (Lipinski definition) is 1. The van der Waals surface area contributed by atoms with E-state index in [0.717, 1.165) is 10.5 Å². The van der Waals surface area contributed by atoms with E-state index in [-0.39, 0.29) is 0 Å². The van der Waals surface area contributed by atoms with Gasteiger partial charge in [0.15, 0.2) is 0 Å². The number of nitrogens with zero attached hydrogens (tertiary/aromatic N) is 1. The molecule has 0 radical (unpaired) electrons. The largest absolute Gasteiger partial charge is 0.264 e. The predicted octanol–water partition coefficient (Wildman–Crippen LogP) is 2.40. The van der Waals surface area contributed by atoms with Crippen LogP contribution in [0.1, 0.15) is 12.5 Å². The molecule has 1 heterocycles. The predicted molar refractivity (Wildman–Crippen MR) is 46.2 cm³/mol. The molecule has 1 aromatic rings. The van der Waals surface area contributed by atoms with E-state index in [1.807, 2.05) is 25.1 Å². The molecule has 0 spiro atoms. The van der Waals surface area contributed by atoms with E-state index in [2.05, 4.69) is 17.6 Å². The summed E-state index contributed by atoms with van der Waals surface area (Å²) < 4.78 is 0. The Morgan fingerprint density at radius 2 is 2.40 bits per heavy atom. The molecule has 52 valence electrons. The van der Waals surface area contributed by atoms with E-state index in [1.54, 1.807) is 12.4 Å². The molecule has 2 heteroatoms. The van der Waals surface area contributed by atoms with Crippen LogP contribution >= 0.6 is 12.6 Å². The van der Waals surface area contributed by atoms with Gasteiger partial charge in [0.1, 0.15) is 0 Å². The topological polar surface area (TPSA) is 12.9 Å². The summed E-state index contributed by atoms with van der Waals surface area (Å²) in [5.41, 5.74) is 1.11. The molecule has 10 heavy (non-hydrogen) atoms. The minimum atomic E-state index is 0.917. The Bertz CT molecular complexity index is 243. The SMILES string of the molecule is C/C=C\c1ccncc1S. The van der Waals surface area contributed by atoms with Crippen LogP contribution in [0.25, 0.3) is 6.08 Å². The van der Waals surface area contributed by atoms with Crippen LogP contribution in [0.3, 0.4) is 0 Å². The maximum absolute atomic E-state index is 4.22. The Morgan fingerprint density at radius 3 is 3.00 bits per heavy atom. The van der Waals surface area contributed by atoms with Crippen LogP contribution in [0, 0.1) is 0 Å². The van der Waals surface area contributed by atoms with Gasteiger partial charge in [-0.3, -0.25) is 4.98 Å². The molecule has 0 saturated carbocycles. The summed E-state index contributed by atoms with van der Waals surface area (Å²) >= 11 is 4.22. The smallest absolute Gasteiger partial charge is 0.0407 e. The van der Waals surface area contributed by atoms with Crippen LogP contribution in [0.15, 0.2) is 29.4 Å². The summed E-state index contributed by atoms with van der Waals surface area (Å²) in [4.78, 5) is 4.83. The fraction of sp³-hybridized carbons (Fsp3) is 0.125. The minimum absolute atomic E-state index is 0.917. The number of allylic oxidation sites excluding steroid dienone is 1. The highest BCUT2D eigenvalue weighted by Crippen LogP contribution is 2.12. The van der Waals surface area contributed by atoms with Crippen LogP contribution in [0.2, 0.25) is 0 Å². The first-order valence-corrected chi connectivity index (χ1v) is 3.55. The molecule has 0 aromatic carbocycles. The second-order valence-electron chi connectivity index (χ2n) is 1.93. The molecule has 0 amide bonds. The van der Waals surface area contributed by atoms with Crippen molar-refractivity contribution in [1.29, 1.82) is 0 Å². The summed E-state index contributed by atoms with van der Waals surface area (Å²) in [6.45, 7) is 1.98. The van der Waals surface area contributed by atoms with Crippen LogP contribution in [-0.2, 0) is 0 Å². The highest BCUT2D eigenvalue weighted by atomic mass is 32.1. The van der Waals surface area contributed by atoms with E-state index in [0.29, 0.717) is 0 Å². The van der Waals surface area contributed by atoms with Crippen molar-refractivity contribution in [2.24, 2.45) is 0 Å². The molecular weight excluding hydrogens is 142 g/mol. The molecule has 1 aromatic heterocycles. The molecule has 1 nitrogen and oxygen atoms in total. The van der Waals surface area contributed by atoms with Gasteiger partial charge in [-0.1, -0.05) is 12.2 Å². The third-order valence-corrected chi connectivity index (χ3v) is 1.55. The Kier molecular flexibility index (Phi) is 2.51. The van der Waals surface area contributed by atoms with E-state index < -0.39 is 0 Å². The lowest BCUT2D eigenvalue weighted by molar-refractivity contribution is 1.23. The Labute approximate surface area is 66.2 Å². The van der Waals surface area contributed by atoms with Crippen molar-refractivity contribution in [3.8, 4) is 0 Å². The fourth-order valence-corrected chi connectivity index (χ4v) is 0.933. The summed E-state index contributed by atoms with van der Waals surface area (Å²) in [6.07, 6.45) is 7.48. The third-order valence-electron chi connectivity index (χ3n) is 1.18. The Morgan fingerprint density at radius 1 is 1.60 bits per heavy atom. The zero-order valence-corrected chi connectivity index (χ0v) is 6.68. The van der Waals surface area contributed by atoms with Crippen molar-refractivity contribution in [2.45, 2.75) is 11.8 Å². The monoisotopic (exact) mass is 151 g/mol. The third kappa shape index (κ3) is 1.61. The number of rotatable bonds is 1. The van der Waals surface area contributed by atoms with Crippen LogP contribution < -0.4 is 0 Å². The molecule has 0 aliphatic heterocycles. The van der Waals surface area contributed by atoms with Crippen LogP contribution in [0.4, 0.5) is 0 Å². The van der Waals surface area contributed by atoms with E-state index in [1.165, 1.54) is 0 Å². The Hall–Kier alpha value is -0.760. The molecule has 0 unspecified atom stereocenters. The first-order chi connectivity index (χ1) is 4.84. The van der Waals surface area contributed by atoms with Gasteiger partial charge in [0.25, 0.3) is 0 Å². The highest BCUT2D eigenvalue weighted by Gasteiger charge is 1.89. The van der Waals surface area contributed by atoms with Crippen molar-refractivity contribution in [3.05, 3.63) is 30.1 Å². The fourth-order valence-electron chi connectivity index (χ4n) is 0.717. The lowest BCUT2D eigenvalue weighted by atomic mass is 10.2. The van der Waals surface area contributed by atoms with Crippen molar-refractivity contribution in [2.75, 3.05) is 0 Å². The van der Waals surface area contributed by atoms with E-state index in [4.69, 9.17) is 0 Å². The summed E-state index contributed by atoms with van der Waals surface area (Å²) in [5, 5.41) is 0. The first kappa shape index (κ1) is 7.35. The second kappa shape index (κ2) is 3.42. The number of pyridine rings is 1. The van der Waals surface area contributed by atoms with Crippen molar-refractivity contribution in [1.82, 2.24) is 4.98 Å². The first-order valence-electron chi connectivity index (χ1n) is 3.10. The van der Waals surface area contributed by atoms with Crippen LogP contribution in [0.5, 0.6) is 0 Å². The average molecular weight is 151 g/mol. The molecule has 0 aliphatic carbocycles. The summed E-state index contributed by atoms with van der Waals surface area (Å²) in [7, 11) is 0. The van der Waals surface area contributed by atoms with Crippen molar-refractivity contribution in [3.63, 3.8) is 0 Å². The van der Waals surface area contributed by atoms with Gasteiger partial charge in [-0.25, -0.2) is 0 Å². The van der Waals surface area contributed by atoms with Gasteiger partial charge < -0.3 is 0 Å². The number of aromatic nitrogens is 1. The molecule has 0 atom stereocenters. The van der Waals surface area contributed by atoms with Gasteiger partial charge in [-0.15, -0.1) is 12.6 Å². The van der Waals surface area contributed by atoms with Crippen LogP contribution in [-0.4, -0.2) is 4.98 Å². The highest BCUT2D eigenvalue weighted by molar-refractivity contribution is 7.80. The van der Waals surface area contributed by atoms with Crippen molar-refractivity contribution >= 4 is 18.7 Å². The molecule has 0 bridgehead atoms. The molecule has 0 N–H and O–H groups in total. The molecular formula is C8H9NS. The van der Waals surface area contributed by atoms with Crippen molar-refractivity contribution < 1.29 is 0 Å². The number of hydrogen-bond acceptors (Lipinski definition) is 2. The quantitative estimate of drug-likeness (QED) is 0.608. The molecule has 0 fully saturated rings. The van der Waals surface area contributed by atoms with E-state index in [9.17, 15) is 0 Å². The molecule has 1 rings (SSSR count). The normalized spacial score (nSPS) is 10.6. The maximum Gasteiger partial charge on any atom is 0.0407 e. The second-order valence-corrected chi connectivity index (χ2v) is 2.42. The van der Waals surface area contributed by atoms with E-state index >= 15 is 0 Å². The van der Waals surface area contributed by atoms with Gasteiger partial charge in [0.05, 0.1) is 0 Å². The summed E-state index contributed by atoms with van der Waals surface area (Å²) in [6, 6.07) is 1.93. The zero-order valence-electron chi connectivity index (χ0n) is 5.78. The maximum atomic E-state index is 4.22. The van der Waals surface area contributed by atoms with Gasteiger partial charge in [-0.2, -0.15) is 0 Å². The van der Waals surface area contributed by atoms with Gasteiger partial charge in [-0.05, 0) is 18.6 Å². The van der Waals surface area contributed by atoms with Gasteiger partial charge >= 0.3 is 0 Å². The van der Waals surface area contributed by atoms with Gasteiger partial charge in [0, 0.05) is 17.3 Å². The van der Waals surface area contributed by atoms with Gasteiger partial charge in [0.2, 0.25) is 0 Å². The Balaban J connectivity index is 3.03. The summed E-state index contributed by atoms with van der Waals surface area (Å²) in [5.74, 6) is 0. The lowest BCUT2D eigenvalue weighted by Gasteiger charge is -1.94. The minimum Gasteiger partial charge on any atom is -0.264 e. The standard InChI is InChI=1S/C8H9NS/c1-2-3-7-4-5-9-6-8(7)10/h2-6,10H,1H3/b3-2-. The lowest BCUT2D eigenvalue weighted by Crippen LogP contribution is -1.76. The zero-order chi connectivity index (χ0) is 7.40. The molecule has 0 aliphatic rings. The average Bonchev–Trinajstić information content (AvgIpc) is 1.94. The number of thiol groups is 1.